The number of amides is 1. The van der Waals surface area contributed by atoms with Gasteiger partial charge in [-0.3, -0.25) is 14.6 Å². The molecular weight excluding hydrogens is 396 g/mol. The molecule has 0 aliphatic carbocycles. The largest absolute Gasteiger partial charge is 0.346 e. The maximum Gasteiger partial charge on any atom is 0.342 e. The average Bonchev–Trinajstić information content (AvgIpc) is 3.10. The van der Waals surface area contributed by atoms with E-state index >= 15 is 0 Å². The van der Waals surface area contributed by atoms with Crippen LogP contribution in [0, 0.1) is 0 Å². The third kappa shape index (κ3) is 4.61. The second-order valence-electron chi connectivity index (χ2n) is 7.28. The Bertz CT molecular complexity index is 1320. The van der Waals surface area contributed by atoms with Crippen molar-refractivity contribution in [3.05, 3.63) is 92.5 Å². The minimum atomic E-state index is -0.678. The highest BCUT2D eigenvalue weighted by Crippen LogP contribution is 2.22. The SMILES string of the molecule is Cn1c([C@@H](Cc2ccccc2)NC(=O)CCc2n[nH]c(=O)[nH]c2=O)nc2ccccc21. The van der Waals surface area contributed by atoms with E-state index < -0.39 is 11.2 Å². The molecule has 0 aliphatic rings. The van der Waals surface area contributed by atoms with Crippen LogP contribution in [0.5, 0.6) is 0 Å². The number of aryl methyl sites for hydroxylation is 2. The summed E-state index contributed by atoms with van der Waals surface area (Å²) in [6.45, 7) is 0. The fourth-order valence-electron chi connectivity index (χ4n) is 3.57. The Labute approximate surface area is 177 Å². The van der Waals surface area contributed by atoms with Crippen LogP contribution in [0.15, 0.2) is 64.2 Å². The van der Waals surface area contributed by atoms with Crippen LogP contribution >= 0.6 is 0 Å². The van der Waals surface area contributed by atoms with Crippen molar-refractivity contribution in [1.82, 2.24) is 30.0 Å². The van der Waals surface area contributed by atoms with Gasteiger partial charge in [-0.2, -0.15) is 5.10 Å². The summed E-state index contributed by atoms with van der Waals surface area (Å²) in [5.74, 6) is 0.513. The Kier molecular flexibility index (Phi) is 5.74. The molecule has 4 aromatic rings. The summed E-state index contributed by atoms with van der Waals surface area (Å²) in [6.07, 6.45) is 0.733. The van der Waals surface area contributed by atoms with E-state index in [4.69, 9.17) is 4.98 Å². The zero-order valence-electron chi connectivity index (χ0n) is 17.0. The van der Waals surface area contributed by atoms with Crippen molar-refractivity contribution in [2.45, 2.75) is 25.3 Å². The highest BCUT2D eigenvalue weighted by atomic mass is 16.2. The number of para-hydroxylation sites is 2. The molecule has 3 N–H and O–H groups in total. The average molecular weight is 418 g/mol. The first-order valence-electron chi connectivity index (χ1n) is 9.94. The van der Waals surface area contributed by atoms with E-state index in [1.165, 1.54) is 0 Å². The maximum atomic E-state index is 12.7. The van der Waals surface area contributed by atoms with Gasteiger partial charge in [0.1, 0.15) is 11.5 Å². The Morgan fingerprint density at radius 3 is 2.58 bits per heavy atom. The summed E-state index contributed by atoms with van der Waals surface area (Å²) < 4.78 is 1.98. The molecular formula is C22H22N6O3. The number of benzene rings is 2. The summed E-state index contributed by atoms with van der Waals surface area (Å²) in [5.41, 5.74) is 1.75. The molecule has 0 bridgehead atoms. The number of carbonyl (C=O) groups excluding carboxylic acids is 1. The third-order valence-corrected chi connectivity index (χ3v) is 5.12. The molecule has 158 valence electrons. The van der Waals surface area contributed by atoms with Crippen LogP contribution in [0.3, 0.4) is 0 Å². The predicted molar refractivity (Wildman–Crippen MR) is 116 cm³/mol. The first-order valence-corrected chi connectivity index (χ1v) is 9.94. The van der Waals surface area contributed by atoms with E-state index in [2.05, 4.69) is 20.5 Å². The number of aromatic nitrogens is 5. The highest BCUT2D eigenvalue weighted by Gasteiger charge is 2.21. The van der Waals surface area contributed by atoms with Gasteiger partial charge in [0.05, 0.1) is 17.1 Å². The number of hydrogen-bond acceptors (Lipinski definition) is 5. The number of fused-ring (bicyclic) bond motifs is 1. The fourth-order valence-corrected chi connectivity index (χ4v) is 3.57. The Balaban J connectivity index is 1.56. The normalized spacial score (nSPS) is 12.0. The van der Waals surface area contributed by atoms with Gasteiger partial charge in [-0.1, -0.05) is 42.5 Å². The van der Waals surface area contributed by atoms with Gasteiger partial charge in [-0.25, -0.2) is 14.9 Å². The smallest absolute Gasteiger partial charge is 0.342 e. The number of imidazole rings is 1. The van der Waals surface area contributed by atoms with Gasteiger partial charge in [-0.05, 0) is 24.1 Å². The lowest BCUT2D eigenvalue weighted by Crippen LogP contribution is -2.33. The topological polar surface area (TPSA) is 126 Å². The standard InChI is InChI=1S/C22H22N6O3/c1-28-18-10-6-5-9-15(18)24-20(28)17(13-14-7-3-2-4-8-14)23-19(29)12-11-16-21(30)25-22(31)27-26-16/h2-10,17H,11-13H2,1H3,(H,23,29)(H2,25,27,30,31)/t17-/m1/s1. The number of nitrogens with zero attached hydrogens (tertiary/aromatic N) is 3. The number of rotatable bonds is 7. The zero-order chi connectivity index (χ0) is 21.8. The van der Waals surface area contributed by atoms with Crippen molar-refractivity contribution >= 4 is 16.9 Å². The number of nitrogens with one attached hydrogen (secondary N) is 3. The van der Waals surface area contributed by atoms with E-state index in [1.807, 2.05) is 66.2 Å². The van der Waals surface area contributed by atoms with Crippen LogP contribution in [0.4, 0.5) is 0 Å². The number of carbonyl (C=O) groups is 1. The third-order valence-electron chi connectivity index (χ3n) is 5.12. The fraction of sp³-hybridized carbons (Fsp3) is 0.227. The van der Waals surface area contributed by atoms with Crippen molar-refractivity contribution in [3.63, 3.8) is 0 Å². The second kappa shape index (κ2) is 8.78. The summed E-state index contributed by atoms with van der Waals surface area (Å²) >= 11 is 0. The van der Waals surface area contributed by atoms with Crippen LogP contribution in [-0.4, -0.2) is 30.6 Å². The van der Waals surface area contributed by atoms with Crippen molar-refractivity contribution < 1.29 is 4.79 Å². The summed E-state index contributed by atoms with van der Waals surface area (Å²) in [4.78, 5) is 42.5. The maximum absolute atomic E-state index is 12.7. The van der Waals surface area contributed by atoms with Crippen molar-refractivity contribution in [2.24, 2.45) is 7.05 Å². The lowest BCUT2D eigenvalue weighted by Gasteiger charge is -2.19. The van der Waals surface area contributed by atoms with Gasteiger partial charge in [-0.15, -0.1) is 0 Å². The summed E-state index contributed by atoms with van der Waals surface area (Å²) in [6, 6.07) is 17.3. The first-order chi connectivity index (χ1) is 15.0. The predicted octanol–water partition coefficient (Wildman–Crippen LogP) is 1.38. The second-order valence-corrected chi connectivity index (χ2v) is 7.28. The number of H-pyrrole nitrogens is 2. The van der Waals surface area contributed by atoms with Crippen molar-refractivity contribution in [2.75, 3.05) is 0 Å². The zero-order valence-corrected chi connectivity index (χ0v) is 17.0. The Morgan fingerprint density at radius 1 is 1.10 bits per heavy atom. The van der Waals surface area contributed by atoms with E-state index in [1.54, 1.807) is 0 Å². The van der Waals surface area contributed by atoms with Crippen LogP contribution in [0.1, 0.15) is 29.5 Å². The Hall–Kier alpha value is -4.01. The van der Waals surface area contributed by atoms with Gasteiger partial charge < -0.3 is 9.88 Å². The highest BCUT2D eigenvalue weighted by molar-refractivity contribution is 5.78. The quantitative estimate of drug-likeness (QED) is 0.418. The molecule has 0 unspecified atom stereocenters. The molecule has 0 saturated heterocycles. The Morgan fingerprint density at radius 2 is 1.84 bits per heavy atom. The van der Waals surface area contributed by atoms with E-state index in [-0.39, 0.29) is 30.5 Å². The van der Waals surface area contributed by atoms with Crippen molar-refractivity contribution in [1.29, 1.82) is 0 Å². The molecule has 2 aromatic heterocycles. The molecule has 1 atom stereocenters. The molecule has 0 spiro atoms. The molecule has 2 aromatic carbocycles. The van der Waals surface area contributed by atoms with E-state index in [9.17, 15) is 14.4 Å². The molecule has 2 heterocycles. The van der Waals surface area contributed by atoms with Crippen LogP contribution < -0.4 is 16.6 Å². The van der Waals surface area contributed by atoms with Gasteiger partial charge >= 0.3 is 5.69 Å². The minimum absolute atomic E-state index is 0.0529. The van der Waals surface area contributed by atoms with Crippen LogP contribution in [0.2, 0.25) is 0 Å². The van der Waals surface area contributed by atoms with Crippen LogP contribution in [0.25, 0.3) is 11.0 Å². The van der Waals surface area contributed by atoms with E-state index in [0.29, 0.717) is 6.42 Å². The molecule has 0 fully saturated rings. The van der Waals surface area contributed by atoms with Crippen LogP contribution in [-0.2, 0) is 24.7 Å². The van der Waals surface area contributed by atoms with Gasteiger partial charge in [0.25, 0.3) is 5.56 Å². The molecule has 4 rings (SSSR count). The van der Waals surface area contributed by atoms with Gasteiger partial charge in [0.2, 0.25) is 5.91 Å². The lowest BCUT2D eigenvalue weighted by atomic mass is 10.0. The molecule has 0 saturated carbocycles. The first kappa shape index (κ1) is 20.3. The minimum Gasteiger partial charge on any atom is -0.346 e. The molecule has 31 heavy (non-hydrogen) atoms. The monoisotopic (exact) mass is 418 g/mol. The van der Waals surface area contributed by atoms with E-state index in [0.717, 1.165) is 22.4 Å². The summed E-state index contributed by atoms with van der Waals surface area (Å²) in [5, 5.41) is 8.95. The molecule has 0 aliphatic heterocycles. The molecule has 9 nitrogen and oxygen atoms in total. The van der Waals surface area contributed by atoms with Gasteiger partial charge in [0, 0.05) is 19.9 Å². The molecule has 9 heteroatoms. The summed E-state index contributed by atoms with van der Waals surface area (Å²) in [7, 11) is 1.93. The lowest BCUT2D eigenvalue weighted by molar-refractivity contribution is -0.121. The molecule has 0 radical (unpaired) electrons. The number of aromatic amines is 2. The van der Waals surface area contributed by atoms with Gasteiger partial charge in [0.15, 0.2) is 0 Å². The number of hydrogen-bond donors (Lipinski definition) is 3. The van der Waals surface area contributed by atoms with Crippen molar-refractivity contribution in [3.8, 4) is 0 Å². The molecule has 1 amide bonds.